The summed E-state index contributed by atoms with van der Waals surface area (Å²) in [6.07, 6.45) is 4.51. The van der Waals surface area contributed by atoms with Crippen LogP contribution in [-0.4, -0.2) is 40.0 Å². The van der Waals surface area contributed by atoms with E-state index < -0.39 is 10.0 Å². The maximum absolute atomic E-state index is 11.8. The maximum atomic E-state index is 11.8. The minimum atomic E-state index is -3.56. The predicted molar refractivity (Wildman–Crippen MR) is 61.9 cm³/mol. The van der Waals surface area contributed by atoms with Gasteiger partial charge in [0.1, 0.15) is 0 Å². The van der Waals surface area contributed by atoms with Gasteiger partial charge in [0.2, 0.25) is 10.0 Å². The normalized spacial score (nSPS) is 11.8. The molecular weight excluding hydrogens is 258 g/mol. The zero-order chi connectivity index (χ0) is 13.0. The number of H-pyrrole nitrogens is 1. The van der Waals surface area contributed by atoms with E-state index in [-0.39, 0.29) is 18.0 Å². The third kappa shape index (κ3) is 2.94. The minimum absolute atomic E-state index is 0.102. The standard InChI is InChI=1S/C9H13N5O3S/c15-7-8-5-9(6-10-8)18(16,17)12-2-4-14-3-1-11-13-14/h1,3,5-6,10,12,15H,2,4,7H2. The van der Waals surface area contributed by atoms with Crippen LogP contribution in [0, 0.1) is 0 Å². The topological polar surface area (TPSA) is 113 Å². The van der Waals surface area contributed by atoms with Crippen molar-refractivity contribution in [3.8, 4) is 0 Å². The molecule has 0 bridgehead atoms. The van der Waals surface area contributed by atoms with E-state index in [0.717, 1.165) is 0 Å². The highest BCUT2D eigenvalue weighted by molar-refractivity contribution is 7.89. The first-order valence-corrected chi connectivity index (χ1v) is 6.72. The highest BCUT2D eigenvalue weighted by Crippen LogP contribution is 2.10. The molecule has 0 saturated heterocycles. The Morgan fingerprint density at radius 3 is 2.94 bits per heavy atom. The quantitative estimate of drug-likeness (QED) is 0.628. The number of rotatable bonds is 6. The average Bonchev–Trinajstić information content (AvgIpc) is 2.99. The Bertz CT molecular complexity index is 590. The van der Waals surface area contributed by atoms with E-state index in [0.29, 0.717) is 12.2 Å². The monoisotopic (exact) mass is 271 g/mol. The largest absolute Gasteiger partial charge is 0.390 e. The van der Waals surface area contributed by atoms with Crippen LogP contribution in [0.5, 0.6) is 0 Å². The van der Waals surface area contributed by atoms with Crippen LogP contribution in [0.15, 0.2) is 29.6 Å². The lowest BCUT2D eigenvalue weighted by molar-refractivity contribution is 0.277. The number of aliphatic hydroxyl groups excluding tert-OH is 1. The molecule has 0 aromatic carbocycles. The van der Waals surface area contributed by atoms with Crippen LogP contribution in [0.1, 0.15) is 5.69 Å². The van der Waals surface area contributed by atoms with Crippen molar-refractivity contribution in [1.82, 2.24) is 24.7 Å². The molecule has 0 aliphatic rings. The average molecular weight is 271 g/mol. The second-order valence-electron chi connectivity index (χ2n) is 3.58. The van der Waals surface area contributed by atoms with Crippen molar-refractivity contribution < 1.29 is 13.5 Å². The summed E-state index contributed by atoms with van der Waals surface area (Å²) in [6, 6.07) is 1.39. The molecular formula is C9H13N5O3S. The first-order valence-electron chi connectivity index (χ1n) is 5.24. The predicted octanol–water partition coefficient (Wildman–Crippen LogP) is -0.923. The van der Waals surface area contributed by atoms with Gasteiger partial charge in [-0.3, -0.25) is 4.68 Å². The van der Waals surface area contributed by atoms with Gasteiger partial charge in [0.15, 0.2) is 0 Å². The number of aromatic nitrogens is 4. The molecule has 2 rings (SSSR count). The summed E-state index contributed by atoms with van der Waals surface area (Å²) in [5.74, 6) is 0. The van der Waals surface area contributed by atoms with Gasteiger partial charge >= 0.3 is 0 Å². The van der Waals surface area contributed by atoms with Crippen LogP contribution in [-0.2, 0) is 23.2 Å². The fourth-order valence-electron chi connectivity index (χ4n) is 1.40. The van der Waals surface area contributed by atoms with Crippen LogP contribution in [0.4, 0.5) is 0 Å². The smallest absolute Gasteiger partial charge is 0.242 e. The summed E-state index contributed by atoms with van der Waals surface area (Å²) in [5.41, 5.74) is 0.451. The molecule has 2 aromatic rings. The van der Waals surface area contributed by atoms with E-state index in [2.05, 4.69) is 20.0 Å². The number of nitrogens with one attached hydrogen (secondary N) is 2. The number of sulfonamides is 1. The number of aromatic amines is 1. The van der Waals surface area contributed by atoms with Crippen molar-refractivity contribution in [2.75, 3.05) is 6.54 Å². The van der Waals surface area contributed by atoms with E-state index in [4.69, 9.17) is 5.11 Å². The van der Waals surface area contributed by atoms with Gasteiger partial charge in [-0.1, -0.05) is 5.21 Å². The Kier molecular flexibility index (Phi) is 3.75. The molecule has 0 saturated carbocycles. The van der Waals surface area contributed by atoms with Crippen molar-refractivity contribution in [1.29, 1.82) is 0 Å². The second-order valence-corrected chi connectivity index (χ2v) is 5.35. The van der Waals surface area contributed by atoms with Crippen molar-refractivity contribution >= 4 is 10.0 Å². The van der Waals surface area contributed by atoms with Gasteiger partial charge in [0, 0.05) is 24.6 Å². The molecule has 9 heteroatoms. The SMILES string of the molecule is O=S(=O)(NCCn1ccnn1)c1c[nH]c(CO)c1. The van der Waals surface area contributed by atoms with E-state index in [1.165, 1.54) is 23.1 Å². The van der Waals surface area contributed by atoms with E-state index in [9.17, 15) is 8.42 Å². The Balaban J connectivity index is 1.95. The third-order valence-corrected chi connectivity index (χ3v) is 3.74. The number of hydrogen-bond donors (Lipinski definition) is 3. The van der Waals surface area contributed by atoms with Crippen LogP contribution in [0.25, 0.3) is 0 Å². The number of hydrogen-bond acceptors (Lipinski definition) is 5. The number of aliphatic hydroxyl groups is 1. The van der Waals surface area contributed by atoms with Crippen molar-refractivity contribution in [2.45, 2.75) is 18.0 Å². The molecule has 0 spiro atoms. The zero-order valence-electron chi connectivity index (χ0n) is 9.44. The van der Waals surface area contributed by atoms with E-state index >= 15 is 0 Å². The fraction of sp³-hybridized carbons (Fsp3) is 0.333. The summed E-state index contributed by atoms with van der Waals surface area (Å²) in [4.78, 5) is 2.77. The van der Waals surface area contributed by atoms with Crippen molar-refractivity contribution in [2.24, 2.45) is 0 Å². The summed E-state index contributed by atoms with van der Waals surface area (Å²) < 4.78 is 27.6. The molecule has 2 heterocycles. The van der Waals surface area contributed by atoms with Crippen LogP contribution in [0.2, 0.25) is 0 Å². The lowest BCUT2D eigenvalue weighted by Gasteiger charge is -2.04. The Morgan fingerprint density at radius 1 is 1.50 bits per heavy atom. The van der Waals surface area contributed by atoms with Gasteiger partial charge in [-0.25, -0.2) is 13.1 Å². The molecule has 8 nitrogen and oxygen atoms in total. The molecule has 98 valence electrons. The summed E-state index contributed by atoms with van der Waals surface area (Å²) >= 11 is 0. The molecule has 3 N–H and O–H groups in total. The molecule has 18 heavy (non-hydrogen) atoms. The number of nitrogens with zero attached hydrogens (tertiary/aromatic N) is 3. The molecule has 2 aromatic heterocycles. The summed E-state index contributed by atoms with van der Waals surface area (Å²) in [5, 5.41) is 16.2. The van der Waals surface area contributed by atoms with E-state index in [1.807, 2.05) is 0 Å². The Morgan fingerprint density at radius 2 is 2.33 bits per heavy atom. The van der Waals surface area contributed by atoms with Gasteiger partial charge < -0.3 is 10.1 Å². The van der Waals surface area contributed by atoms with Crippen molar-refractivity contribution in [3.63, 3.8) is 0 Å². The van der Waals surface area contributed by atoms with Gasteiger partial charge in [-0.15, -0.1) is 5.10 Å². The summed E-state index contributed by atoms with van der Waals surface area (Å²) in [7, 11) is -3.56. The highest BCUT2D eigenvalue weighted by atomic mass is 32.2. The first-order chi connectivity index (χ1) is 8.62. The second kappa shape index (κ2) is 5.29. The molecule has 0 unspecified atom stereocenters. The first kappa shape index (κ1) is 12.7. The lowest BCUT2D eigenvalue weighted by Crippen LogP contribution is -2.27. The van der Waals surface area contributed by atoms with Crippen molar-refractivity contribution in [3.05, 3.63) is 30.4 Å². The maximum Gasteiger partial charge on any atom is 0.242 e. The van der Waals surface area contributed by atoms with Gasteiger partial charge in [-0.2, -0.15) is 0 Å². The minimum Gasteiger partial charge on any atom is -0.390 e. The molecule has 0 aliphatic heterocycles. The molecule has 0 atom stereocenters. The Labute approximate surface area is 104 Å². The molecule has 0 aliphatic carbocycles. The lowest BCUT2D eigenvalue weighted by atomic mass is 10.5. The summed E-state index contributed by atoms with van der Waals surface area (Å²) in [6.45, 7) is 0.385. The van der Waals surface area contributed by atoms with E-state index in [1.54, 1.807) is 6.20 Å². The van der Waals surface area contributed by atoms with Crippen LogP contribution in [0.3, 0.4) is 0 Å². The van der Waals surface area contributed by atoms with Gasteiger partial charge in [-0.05, 0) is 6.07 Å². The van der Waals surface area contributed by atoms with Gasteiger partial charge in [0.25, 0.3) is 0 Å². The highest BCUT2D eigenvalue weighted by Gasteiger charge is 2.15. The Hall–Kier alpha value is -1.71. The zero-order valence-corrected chi connectivity index (χ0v) is 10.3. The van der Waals surface area contributed by atoms with Crippen LogP contribution >= 0.6 is 0 Å². The van der Waals surface area contributed by atoms with Crippen LogP contribution < -0.4 is 4.72 Å². The molecule has 0 amide bonds. The molecule has 0 fully saturated rings. The fourth-order valence-corrected chi connectivity index (χ4v) is 2.43. The molecule has 0 radical (unpaired) electrons. The van der Waals surface area contributed by atoms with Gasteiger partial charge in [0.05, 0.1) is 24.2 Å². The third-order valence-electron chi connectivity index (χ3n) is 2.30.